The quantitative estimate of drug-likeness (QED) is 0.598. The Balaban J connectivity index is 1.83. The van der Waals surface area contributed by atoms with Crippen LogP contribution in [-0.2, 0) is 9.53 Å². The summed E-state index contributed by atoms with van der Waals surface area (Å²) in [5.41, 5.74) is 0. The van der Waals surface area contributed by atoms with Crippen molar-refractivity contribution in [3.8, 4) is 0 Å². The summed E-state index contributed by atoms with van der Waals surface area (Å²) in [6, 6.07) is 0.672. The third kappa shape index (κ3) is 2.47. The number of hydrogen-bond donors (Lipinski definition) is 0. The second kappa shape index (κ2) is 4.78. The summed E-state index contributed by atoms with van der Waals surface area (Å²) in [5, 5.41) is 0. The van der Waals surface area contributed by atoms with E-state index in [4.69, 9.17) is 4.74 Å². The smallest absolute Gasteiger partial charge is 0.305 e. The number of hydrogen-bond acceptors (Lipinski definition) is 3. The molecule has 2 rings (SSSR count). The van der Waals surface area contributed by atoms with Crippen molar-refractivity contribution >= 4 is 5.97 Å². The first-order valence-electron chi connectivity index (χ1n) is 5.76. The molecule has 0 radical (unpaired) electrons. The van der Waals surface area contributed by atoms with Gasteiger partial charge in [0.05, 0.1) is 6.61 Å². The molecule has 0 spiro atoms. The normalized spacial score (nSPS) is 30.9. The van der Waals surface area contributed by atoms with Crippen LogP contribution in [0.25, 0.3) is 0 Å². The molecule has 0 saturated carbocycles. The third-order valence-corrected chi connectivity index (χ3v) is 3.29. The molecule has 1 unspecified atom stereocenters. The van der Waals surface area contributed by atoms with Gasteiger partial charge in [0.2, 0.25) is 0 Å². The lowest BCUT2D eigenvalue weighted by atomic mass is 10.0. The van der Waals surface area contributed by atoms with E-state index in [1.807, 2.05) is 0 Å². The van der Waals surface area contributed by atoms with E-state index in [1.54, 1.807) is 0 Å². The predicted octanol–water partition coefficient (Wildman–Crippen LogP) is 1.57. The zero-order valence-electron chi connectivity index (χ0n) is 8.71. The van der Waals surface area contributed by atoms with Crippen LogP contribution in [-0.4, -0.2) is 36.6 Å². The highest BCUT2D eigenvalue weighted by molar-refractivity contribution is 5.69. The molecule has 80 valence electrons. The minimum atomic E-state index is -0.00938. The molecule has 3 heteroatoms. The van der Waals surface area contributed by atoms with Crippen LogP contribution in [0.2, 0.25) is 0 Å². The maximum Gasteiger partial charge on any atom is 0.305 e. The first-order chi connectivity index (χ1) is 6.86. The van der Waals surface area contributed by atoms with E-state index < -0.39 is 0 Å². The lowest BCUT2D eigenvalue weighted by Crippen LogP contribution is -2.35. The minimum absolute atomic E-state index is 0.00938. The molecule has 14 heavy (non-hydrogen) atoms. The zero-order valence-corrected chi connectivity index (χ0v) is 8.71. The highest BCUT2D eigenvalue weighted by atomic mass is 16.5. The van der Waals surface area contributed by atoms with Crippen molar-refractivity contribution in [1.29, 1.82) is 0 Å². The lowest BCUT2D eigenvalue weighted by Gasteiger charge is -2.28. The largest absolute Gasteiger partial charge is 0.466 e. The average Bonchev–Trinajstić information content (AvgIpc) is 2.63. The molecular formula is C11H19NO2. The van der Waals surface area contributed by atoms with E-state index in [2.05, 4.69) is 4.90 Å². The third-order valence-electron chi connectivity index (χ3n) is 3.29. The summed E-state index contributed by atoms with van der Waals surface area (Å²) in [7, 11) is 0. The first-order valence-corrected chi connectivity index (χ1v) is 5.76. The van der Waals surface area contributed by atoms with Gasteiger partial charge in [-0.15, -0.1) is 0 Å². The van der Waals surface area contributed by atoms with Gasteiger partial charge < -0.3 is 9.64 Å². The number of esters is 1. The lowest BCUT2D eigenvalue weighted by molar-refractivity contribution is -0.145. The van der Waals surface area contributed by atoms with E-state index in [1.165, 1.54) is 32.4 Å². The van der Waals surface area contributed by atoms with Crippen LogP contribution in [0, 0.1) is 0 Å². The van der Waals surface area contributed by atoms with E-state index in [0.717, 1.165) is 12.8 Å². The molecule has 0 aromatic carbocycles. The molecule has 0 bridgehead atoms. The Labute approximate surface area is 85.4 Å². The van der Waals surface area contributed by atoms with Crippen LogP contribution >= 0.6 is 0 Å². The van der Waals surface area contributed by atoms with Crippen molar-refractivity contribution in [2.24, 2.45) is 0 Å². The van der Waals surface area contributed by atoms with Crippen molar-refractivity contribution < 1.29 is 9.53 Å². The summed E-state index contributed by atoms with van der Waals surface area (Å²) >= 11 is 0. The fourth-order valence-corrected chi connectivity index (χ4v) is 2.48. The minimum Gasteiger partial charge on any atom is -0.466 e. The van der Waals surface area contributed by atoms with Gasteiger partial charge in [0.25, 0.3) is 0 Å². The fourth-order valence-electron chi connectivity index (χ4n) is 2.48. The maximum absolute atomic E-state index is 11.0. The summed E-state index contributed by atoms with van der Waals surface area (Å²) in [5.74, 6) is -0.00938. The predicted molar refractivity (Wildman–Crippen MR) is 54.0 cm³/mol. The zero-order chi connectivity index (χ0) is 9.80. The highest BCUT2D eigenvalue weighted by Gasteiger charge is 2.23. The summed E-state index contributed by atoms with van der Waals surface area (Å²) in [4.78, 5) is 13.6. The molecule has 2 saturated heterocycles. The Morgan fingerprint density at radius 3 is 2.71 bits per heavy atom. The first kappa shape index (κ1) is 9.97. The van der Waals surface area contributed by atoms with Crippen molar-refractivity contribution in [2.45, 2.75) is 44.6 Å². The molecule has 0 aromatic heterocycles. The Hall–Kier alpha value is -0.570. The summed E-state index contributed by atoms with van der Waals surface area (Å²) in [6.07, 6.45) is 6.51. The van der Waals surface area contributed by atoms with Gasteiger partial charge in [0, 0.05) is 12.5 Å². The Kier molecular flexibility index (Phi) is 3.40. The van der Waals surface area contributed by atoms with Gasteiger partial charge >= 0.3 is 5.97 Å². The second-order valence-electron chi connectivity index (χ2n) is 4.30. The summed E-state index contributed by atoms with van der Waals surface area (Å²) in [6.45, 7) is 3.12. The van der Waals surface area contributed by atoms with Gasteiger partial charge in [-0.2, -0.15) is 0 Å². The SMILES string of the molecule is O=C1CCCC(N2CCCC2)CCO1. The van der Waals surface area contributed by atoms with Crippen molar-refractivity contribution in [1.82, 2.24) is 4.90 Å². The standard InChI is InChI=1S/C11H19NO2/c13-11-5-3-4-10(6-9-14-11)12-7-1-2-8-12/h10H,1-9H2. The van der Waals surface area contributed by atoms with Crippen molar-refractivity contribution in [3.05, 3.63) is 0 Å². The monoisotopic (exact) mass is 197 g/mol. The van der Waals surface area contributed by atoms with Crippen LogP contribution in [0.5, 0.6) is 0 Å². The van der Waals surface area contributed by atoms with E-state index in [9.17, 15) is 4.79 Å². The van der Waals surface area contributed by atoms with E-state index >= 15 is 0 Å². The molecule has 2 aliphatic heterocycles. The maximum atomic E-state index is 11.0. The van der Waals surface area contributed by atoms with E-state index in [0.29, 0.717) is 19.1 Å². The molecule has 1 atom stereocenters. The van der Waals surface area contributed by atoms with Gasteiger partial charge in [-0.3, -0.25) is 4.79 Å². The van der Waals surface area contributed by atoms with E-state index in [-0.39, 0.29) is 5.97 Å². The Morgan fingerprint density at radius 2 is 1.93 bits per heavy atom. The van der Waals surface area contributed by atoms with Gasteiger partial charge in [-0.1, -0.05) is 0 Å². The molecule has 0 amide bonds. The molecule has 2 aliphatic rings. The van der Waals surface area contributed by atoms with Crippen LogP contribution < -0.4 is 0 Å². The van der Waals surface area contributed by atoms with Crippen molar-refractivity contribution in [3.63, 3.8) is 0 Å². The number of carbonyl (C=O) groups excluding carboxylic acids is 1. The van der Waals surface area contributed by atoms with Gasteiger partial charge in [0.1, 0.15) is 0 Å². The van der Waals surface area contributed by atoms with Gasteiger partial charge in [-0.25, -0.2) is 0 Å². The number of likely N-dealkylation sites (tertiary alicyclic amines) is 1. The van der Waals surface area contributed by atoms with Crippen LogP contribution in [0.4, 0.5) is 0 Å². The number of ether oxygens (including phenoxy) is 1. The van der Waals surface area contributed by atoms with Gasteiger partial charge in [-0.05, 0) is 45.2 Å². The molecule has 0 N–H and O–H groups in total. The molecule has 0 aromatic rings. The molecule has 2 heterocycles. The van der Waals surface area contributed by atoms with Crippen molar-refractivity contribution in [2.75, 3.05) is 19.7 Å². The number of cyclic esters (lactones) is 1. The number of nitrogens with zero attached hydrogens (tertiary/aromatic N) is 1. The fraction of sp³-hybridized carbons (Fsp3) is 0.909. The number of carbonyl (C=O) groups is 1. The Morgan fingerprint density at radius 1 is 1.14 bits per heavy atom. The van der Waals surface area contributed by atoms with Crippen LogP contribution in [0.15, 0.2) is 0 Å². The van der Waals surface area contributed by atoms with Gasteiger partial charge in [0.15, 0.2) is 0 Å². The molecular weight excluding hydrogens is 178 g/mol. The number of rotatable bonds is 1. The molecule has 2 fully saturated rings. The second-order valence-corrected chi connectivity index (χ2v) is 4.30. The van der Waals surface area contributed by atoms with Crippen LogP contribution in [0.1, 0.15) is 38.5 Å². The Bertz CT molecular complexity index is 187. The average molecular weight is 197 g/mol. The highest BCUT2D eigenvalue weighted by Crippen LogP contribution is 2.20. The summed E-state index contributed by atoms with van der Waals surface area (Å²) < 4.78 is 5.11. The topological polar surface area (TPSA) is 29.5 Å². The molecule has 3 nitrogen and oxygen atoms in total. The van der Waals surface area contributed by atoms with Crippen LogP contribution in [0.3, 0.4) is 0 Å². The molecule has 0 aliphatic carbocycles.